The lowest BCUT2D eigenvalue weighted by molar-refractivity contribution is -0.116. The molecule has 0 fully saturated rings. The van der Waals surface area contributed by atoms with Gasteiger partial charge in [0.2, 0.25) is 5.91 Å². The molecule has 0 radical (unpaired) electrons. The number of rotatable bonds is 7. The van der Waals surface area contributed by atoms with Gasteiger partial charge in [-0.15, -0.1) is 0 Å². The van der Waals surface area contributed by atoms with Crippen molar-refractivity contribution in [3.63, 3.8) is 0 Å². The van der Waals surface area contributed by atoms with E-state index in [1.54, 1.807) is 37.3 Å². The van der Waals surface area contributed by atoms with E-state index in [1.165, 1.54) is 5.56 Å². The van der Waals surface area contributed by atoms with Crippen LogP contribution >= 0.6 is 0 Å². The molecule has 3 rings (SSSR count). The largest absolute Gasteiger partial charge is 0.491 e. The average molecular weight is 496 g/mol. The molecule has 0 aliphatic carbocycles. The Kier molecular flexibility index (Phi) is 10.3. The Morgan fingerprint density at radius 2 is 1.89 bits per heavy atom. The van der Waals surface area contributed by atoms with Gasteiger partial charge in [-0.1, -0.05) is 44.2 Å². The molecule has 7 nitrogen and oxygen atoms in total. The first kappa shape index (κ1) is 27.7. The molecule has 0 aromatic heterocycles. The van der Waals surface area contributed by atoms with E-state index in [0.29, 0.717) is 36.6 Å². The van der Waals surface area contributed by atoms with Crippen molar-refractivity contribution >= 4 is 17.5 Å². The summed E-state index contributed by atoms with van der Waals surface area (Å²) in [6.07, 6.45) is 2.06. The van der Waals surface area contributed by atoms with Crippen LogP contribution in [0.15, 0.2) is 48.5 Å². The third-order valence-corrected chi connectivity index (χ3v) is 6.87. The number of hydrogen-bond donors (Lipinski definition) is 1. The zero-order chi connectivity index (χ0) is 26.1. The van der Waals surface area contributed by atoms with Crippen LogP contribution in [0.3, 0.4) is 0 Å². The van der Waals surface area contributed by atoms with Crippen molar-refractivity contribution in [3.8, 4) is 5.75 Å². The normalized spacial score (nSPS) is 21.6. The zero-order valence-electron chi connectivity index (χ0n) is 22.3. The fourth-order valence-electron chi connectivity index (χ4n) is 4.60. The lowest BCUT2D eigenvalue weighted by Gasteiger charge is -2.36. The van der Waals surface area contributed by atoms with Crippen LogP contribution in [0.4, 0.5) is 5.69 Å². The number of benzene rings is 2. The molecule has 36 heavy (non-hydrogen) atoms. The fourth-order valence-corrected chi connectivity index (χ4v) is 4.60. The van der Waals surface area contributed by atoms with E-state index in [1.807, 2.05) is 13.0 Å². The molecule has 2 aromatic carbocycles. The second-order valence-electron chi connectivity index (χ2n) is 9.84. The highest BCUT2D eigenvalue weighted by Crippen LogP contribution is 2.27. The topological polar surface area (TPSA) is 71.1 Å². The van der Waals surface area contributed by atoms with Gasteiger partial charge in [0.1, 0.15) is 12.4 Å². The molecule has 0 spiro atoms. The molecular weight excluding hydrogens is 454 g/mol. The van der Waals surface area contributed by atoms with Crippen LogP contribution in [-0.4, -0.2) is 74.2 Å². The van der Waals surface area contributed by atoms with E-state index in [9.17, 15) is 9.59 Å². The molecule has 1 aliphatic rings. The molecule has 0 bridgehead atoms. The maximum atomic E-state index is 13.4. The molecule has 1 heterocycles. The van der Waals surface area contributed by atoms with Crippen LogP contribution in [0.5, 0.6) is 5.75 Å². The number of methoxy groups -OCH3 is 1. The Hall–Kier alpha value is -2.90. The van der Waals surface area contributed by atoms with E-state index in [4.69, 9.17) is 9.47 Å². The Bertz CT molecular complexity index is 997. The molecular formula is C29H41N3O4. The van der Waals surface area contributed by atoms with Crippen LogP contribution in [0.1, 0.15) is 49.5 Å². The maximum Gasteiger partial charge on any atom is 0.257 e. The monoisotopic (exact) mass is 495 g/mol. The third kappa shape index (κ3) is 7.55. The van der Waals surface area contributed by atoms with Crippen molar-refractivity contribution < 1.29 is 19.1 Å². The molecule has 196 valence electrons. The van der Waals surface area contributed by atoms with E-state index >= 15 is 0 Å². The van der Waals surface area contributed by atoms with Gasteiger partial charge in [0.05, 0.1) is 11.7 Å². The molecule has 0 unspecified atom stereocenters. The number of carbonyl (C=O) groups excluding carboxylic acids is 2. The smallest absolute Gasteiger partial charge is 0.257 e. The number of fused-ring (bicyclic) bond motifs is 1. The second kappa shape index (κ2) is 13.4. The Labute approximate surface area is 215 Å². The van der Waals surface area contributed by atoms with Crippen molar-refractivity contribution in [3.05, 3.63) is 59.7 Å². The number of anilines is 1. The Morgan fingerprint density at radius 1 is 1.14 bits per heavy atom. The van der Waals surface area contributed by atoms with E-state index in [2.05, 4.69) is 48.3 Å². The summed E-state index contributed by atoms with van der Waals surface area (Å²) in [4.78, 5) is 29.6. The van der Waals surface area contributed by atoms with Crippen LogP contribution in [0.25, 0.3) is 0 Å². The number of likely N-dealkylation sites (N-methyl/N-ethyl adjacent to an activating group) is 1. The number of carbonyl (C=O) groups is 2. The summed E-state index contributed by atoms with van der Waals surface area (Å²) >= 11 is 0. The van der Waals surface area contributed by atoms with Crippen molar-refractivity contribution in [2.75, 3.05) is 45.7 Å². The summed E-state index contributed by atoms with van der Waals surface area (Å²) in [6.45, 7) is 8.93. The molecule has 3 atom stereocenters. The molecule has 1 N–H and O–H groups in total. The van der Waals surface area contributed by atoms with Crippen molar-refractivity contribution in [2.24, 2.45) is 5.92 Å². The first-order chi connectivity index (χ1) is 17.3. The van der Waals surface area contributed by atoms with E-state index in [0.717, 1.165) is 25.9 Å². The minimum atomic E-state index is -0.125. The van der Waals surface area contributed by atoms with Gasteiger partial charge < -0.3 is 19.7 Å². The van der Waals surface area contributed by atoms with Gasteiger partial charge in [-0.2, -0.15) is 0 Å². The number of amides is 2. The number of hydrogen-bond acceptors (Lipinski definition) is 5. The molecule has 7 heteroatoms. The maximum absolute atomic E-state index is 13.4. The molecule has 2 amide bonds. The zero-order valence-corrected chi connectivity index (χ0v) is 22.3. The van der Waals surface area contributed by atoms with Crippen LogP contribution in [0.2, 0.25) is 0 Å². The SMILES string of the molecule is CCCC(=O)Nc1ccc2c(c1)OC[C@H](C)N(CCc1ccccc1)C[C@H](C)[C@H](OC)CN(C)C2=O. The van der Waals surface area contributed by atoms with Crippen molar-refractivity contribution in [1.82, 2.24) is 9.80 Å². The Morgan fingerprint density at radius 3 is 2.58 bits per heavy atom. The number of nitrogens with zero attached hydrogens (tertiary/aromatic N) is 2. The fraction of sp³-hybridized carbons (Fsp3) is 0.517. The van der Waals surface area contributed by atoms with Gasteiger partial charge in [-0.3, -0.25) is 14.5 Å². The lowest BCUT2D eigenvalue weighted by Crippen LogP contribution is -2.47. The van der Waals surface area contributed by atoms with Gasteiger partial charge >= 0.3 is 0 Å². The van der Waals surface area contributed by atoms with Gasteiger partial charge in [-0.05, 0) is 43.4 Å². The van der Waals surface area contributed by atoms with Crippen molar-refractivity contribution in [1.29, 1.82) is 0 Å². The summed E-state index contributed by atoms with van der Waals surface area (Å²) in [7, 11) is 3.51. The van der Waals surface area contributed by atoms with E-state index in [-0.39, 0.29) is 29.9 Å². The van der Waals surface area contributed by atoms with Crippen molar-refractivity contribution in [2.45, 2.75) is 52.2 Å². The Balaban J connectivity index is 1.87. The van der Waals surface area contributed by atoms with Gasteiger partial charge in [0, 0.05) is 58.0 Å². The second-order valence-corrected chi connectivity index (χ2v) is 9.84. The minimum Gasteiger partial charge on any atom is -0.491 e. The summed E-state index contributed by atoms with van der Waals surface area (Å²) < 4.78 is 12.1. The molecule has 1 aliphatic heterocycles. The highest BCUT2D eigenvalue weighted by Gasteiger charge is 2.28. The summed E-state index contributed by atoms with van der Waals surface area (Å²) in [5.74, 6) is 0.531. The minimum absolute atomic E-state index is 0.0496. The molecule has 0 saturated heterocycles. The predicted molar refractivity (Wildman–Crippen MR) is 144 cm³/mol. The quantitative estimate of drug-likeness (QED) is 0.614. The highest BCUT2D eigenvalue weighted by molar-refractivity contribution is 5.98. The summed E-state index contributed by atoms with van der Waals surface area (Å²) in [5.41, 5.74) is 2.42. The van der Waals surface area contributed by atoms with Gasteiger partial charge in [-0.25, -0.2) is 0 Å². The summed E-state index contributed by atoms with van der Waals surface area (Å²) in [5, 5.41) is 2.91. The van der Waals surface area contributed by atoms with Gasteiger partial charge in [0.25, 0.3) is 5.91 Å². The van der Waals surface area contributed by atoms with Gasteiger partial charge in [0.15, 0.2) is 0 Å². The van der Waals surface area contributed by atoms with Crippen LogP contribution in [-0.2, 0) is 16.0 Å². The standard InChI is InChI=1S/C29H41N3O4/c1-6-10-28(33)30-24-13-14-25-26(17-24)36-20-22(3)32(16-15-23-11-8-7-9-12-23)18-21(2)27(35-5)19-31(4)29(25)34/h7-9,11-14,17,21-22,27H,6,10,15-16,18-20H2,1-5H3,(H,30,33)/t21-,22-,27+/m0/s1. The third-order valence-electron chi connectivity index (χ3n) is 6.87. The van der Waals surface area contributed by atoms with Crippen LogP contribution in [0, 0.1) is 5.92 Å². The highest BCUT2D eigenvalue weighted by atomic mass is 16.5. The number of ether oxygens (including phenoxy) is 2. The first-order valence-electron chi connectivity index (χ1n) is 12.9. The van der Waals surface area contributed by atoms with E-state index < -0.39 is 0 Å². The number of nitrogens with one attached hydrogen (secondary N) is 1. The predicted octanol–water partition coefficient (Wildman–Crippen LogP) is 4.47. The average Bonchev–Trinajstić information content (AvgIpc) is 2.87. The lowest BCUT2D eigenvalue weighted by atomic mass is 10.0. The summed E-state index contributed by atoms with van der Waals surface area (Å²) in [6, 6.07) is 15.9. The molecule has 2 aromatic rings. The molecule has 0 saturated carbocycles. The van der Waals surface area contributed by atoms with Crippen LogP contribution < -0.4 is 10.1 Å². The first-order valence-corrected chi connectivity index (χ1v) is 12.9.